The lowest BCUT2D eigenvalue weighted by Gasteiger charge is -2.24. The van der Waals surface area contributed by atoms with E-state index in [0.29, 0.717) is 0 Å². The summed E-state index contributed by atoms with van der Waals surface area (Å²) in [5, 5.41) is 9.01. The molecule has 1 atom stereocenters. The van der Waals surface area contributed by atoms with Gasteiger partial charge in [-0.1, -0.05) is 13.8 Å². The maximum absolute atomic E-state index is 12.8. The molecule has 0 bridgehead atoms. The number of rotatable bonds is 4. The van der Waals surface area contributed by atoms with Gasteiger partial charge in [0.2, 0.25) is 10.0 Å². The summed E-state index contributed by atoms with van der Waals surface area (Å²) in [5.41, 5.74) is 0. The minimum absolute atomic E-state index is 0.0210. The highest BCUT2D eigenvalue weighted by Crippen LogP contribution is 2.20. The third kappa shape index (κ3) is 2.86. The smallest absolute Gasteiger partial charge is 0.207 e. The zero-order valence-corrected chi connectivity index (χ0v) is 11.3. The molecule has 1 aromatic carbocycles. The summed E-state index contributed by atoms with van der Waals surface area (Å²) in [7, 11) is -2.41. The summed E-state index contributed by atoms with van der Waals surface area (Å²) < 4.78 is 38.2. The molecule has 0 N–H and O–H groups in total. The summed E-state index contributed by atoms with van der Waals surface area (Å²) in [5.74, 6) is -0.632. The predicted octanol–water partition coefficient (Wildman–Crippen LogP) is 1.99. The highest BCUT2D eigenvalue weighted by molar-refractivity contribution is 7.89. The van der Waals surface area contributed by atoms with E-state index in [1.54, 1.807) is 13.8 Å². The third-order valence-corrected chi connectivity index (χ3v) is 4.50. The van der Waals surface area contributed by atoms with Crippen molar-refractivity contribution in [1.29, 1.82) is 5.26 Å². The Bertz CT molecular complexity index is 546. The van der Waals surface area contributed by atoms with E-state index in [0.717, 1.165) is 16.4 Å². The van der Waals surface area contributed by atoms with E-state index in [9.17, 15) is 12.8 Å². The molecule has 0 saturated heterocycles. The number of sulfonamides is 1. The number of benzene rings is 1. The zero-order valence-electron chi connectivity index (χ0n) is 10.5. The molecule has 0 aliphatic heterocycles. The summed E-state index contributed by atoms with van der Waals surface area (Å²) in [6.07, 6.45) is 0. The van der Waals surface area contributed by atoms with E-state index in [4.69, 9.17) is 5.26 Å². The van der Waals surface area contributed by atoms with Gasteiger partial charge in [-0.25, -0.2) is 12.8 Å². The van der Waals surface area contributed by atoms with E-state index < -0.39 is 21.9 Å². The second-order valence-electron chi connectivity index (χ2n) is 4.29. The number of hydrogen-bond acceptors (Lipinski definition) is 3. The number of hydrogen-bond donors (Lipinski definition) is 0. The van der Waals surface area contributed by atoms with Crippen LogP contribution in [0.5, 0.6) is 0 Å². The molecule has 18 heavy (non-hydrogen) atoms. The minimum atomic E-state index is -3.77. The Morgan fingerprint density at radius 1 is 1.28 bits per heavy atom. The molecule has 0 heterocycles. The molecule has 0 fully saturated rings. The first-order valence-electron chi connectivity index (χ1n) is 5.44. The molecule has 4 nitrogen and oxygen atoms in total. The first-order valence-corrected chi connectivity index (χ1v) is 6.88. The van der Waals surface area contributed by atoms with Gasteiger partial charge >= 0.3 is 0 Å². The fourth-order valence-corrected chi connectivity index (χ4v) is 2.97. The summed E-state index contributed by atoms with van der Waals surface area (Å²) in [6, 6.07) is 5.75. The van der Waals surface area contributed by atoms with Crippen LogP contribution in [-0.4, -0.2) is 25.8 Å². The van der Waals surface area contributed by atoms with Crippen molar-refractivity contribution in [2.75, 3.05) is 7.05 Å². The Morgan fingerprint density at radius 3 is 2.17 bits per heavy atom. The lowest BCUT2D eigenvalue weighted by Crippen LogP contribution is -2.39. The van der Waals surface area contributed by atoms with E-state index in [-0.39, 0.29) is 10.8 Å². The van der Waals surface area contributed by atoms with Crippen LogP contribution in [0.25, 0.3) is 0 Å². The second-order valence-corrected chi connectivity index (χ2v) is 6.29. The molecule has 0 aliphatic carbocycles. The molecule has 98 valence electrons. The Labute approximate surface area is 107 Å². The van der Waals surface area contributed by atoms with Crippen molar-refractivity contribution in [3.8, 4) is 6.07 Å². The van der Waals surface area contributed by atoms with Crippen LogP contribution in [0.1, 0.15) is 13.8 Å². The highest BCUT2D eigenvalue weighted by atomic mass is 32.2. The average molecular weight is 270 g/mol. The average Bonchev–Trinajstić information content (AvgIpc) is 2.29. The lowest BCUT2D eigenvalue weighted by molar-refractivity contribution is 0.353. The zero-order chi connectivity index (χ0) is 13.9. The summed E-state index contributed by atoms with van der Waals surface area (Å²) in [6.45, 7) is 3.54. The van der Waals surface area contributed by atoms with Gasteiger partial charge in [0.1, 0.15) is 11.9 Å². The monoisotopic (exact) mass is 270 g/mol. The molecule has 1 aromatic rings. The maximum Gasteiger partial charge on any atom is 0.244 e. The Morgan fingerprint density at radius 2 is 1.78 bits per heavy atom. The van der Waals surface area contributed by atoms with Gasteiger partial charge in [-0.3, -0.25) is 0 Å². The van der Waals surface area contributed by atoms with Gasteiger partial charge in [-0.15, -0.1) is 0 Å². The van der Waals surface area contributed by atoms with Crippen LogP contribution in [0.2, 0.25) is 0 Å². The van der Waals surface area contributed by atoms with E-state index in [1.165, 1.54) is 19.2 Å². The fourth-order valence-electron chi connectivity index (χ4n) is 1.57. The standard InChI is InChI=1S/C12H15FN2O2S/c1-9(2)12(8-14)15(3)18(16,17)11-6-4-10(13)5-7-11/h4-7,9,12H,1-3H3. The van der Waals surface area contributed by atoms with Crippen LogP contribution < -0.4 is 0 Å². The van der Waals surface area contributed by atoms with Crippen molar-refractivity contribution in [3.63, 3.8) is 0 Å². The first kappa shape index (κ1) is 14.6. The molecule has 6 heteroatoms. The first-order chi connectivity index (χ1) is 8.30. The van der Waals surface area contributed by atoms with Crippen molar-refractivity contribution >= 4 is 10.0 Å². The SMILES string of the molecule is CC(C)C(C#N)N(C)S(=O)(=O)c1ccc(F)cc1. The van der Waals surface area contributed by atoms with Gasteiger partial charge in [-0.05, 0) is 30.2 Å². The Hall–Kier alpha value is -1.45. The van der Waals surface area contributed by atoms with Gasteiger partial charge in [0.25, 0.3) is 0 Å². The van der Waals surface area contributed by atoms with Crippen LogP contribution in [0.15, 0.2) is 29.2 Å². The largest absolute Gasteiger partial charge is 0.244 e. The molecular weight excluding hydrogens is 255 g/mol. The number of nitriles is 1. The second kappa shape index (κ2) is 5.46. The highest BCUT2D eigenvalue weighted by Gasteiger charge is 2.29. The number of halogens is 1. The molecule has 0 saturated carbocycles. The van der Waals surface area contributed by atoms with Crippen LogP contribution in [-0.2, 0) is 10.0 Å². The van der Waals surface area contributed by atoms with Crippen LogP contribution in [0.3, 0.4) is 0 Å². The molecule has 0 radical (unpaired) electrons. The number of nitrogens with zero attached hydrogens (tertiary/aromatic N) is 2. The van der Waals surface area contributed by atoms with Gasteiger partial charge in [0.05, 0.1) is 11.0 Å². The topological polar surface area (TPSA) is 61.2 Å². The molecule has 0 amide bonds. The van der Waals surface area contributed by atoms with E-state index >= 15 is 0 Å². The van der Waals surface area contributed by atoms with Crippen LogP contribution >= 0.6 is 0 Å². The fraction of sp³-hybridized carbons (Fsp3) is 0.417. The van der Waals surface area contributed by atoms with E-state index in [2.05, 4.69) is 0 Å². The molecule has 0 aromatic heterocycles. The van der Waals surface area contributed by atoms with E-state index in [1.807, 2.05) is 6.07 Å². The quantitative estimate of drug-likeness (QED) is 0.840. The molecule has 0 aliphatic rings. The normalized spacial score (nSPS) is 13.6. The molecule has 1 rings (SSSR count). The van der Waals surface area contributed by atoms with Crippen molar-refractivity contribution in [2.45, 2.75) is 24.8 Å². The van der Waals surface area contributed by atoms with Crippen molar-refractivity contribution < 1.29 is 12.8 Å². The van der Waals surface area contributed by atoms with Gasteiger partial charge in [0, 0.05) is 7.05 Å². The van der Waals surface area contributed by atoms with Crippen molar-refractivity contribution in [1.82, 2.24) is 4.31 Å². The van der Waals surface area contributed by atoms with Gasteiger partial charge in [0.15, 0.2) is 0 Å². The maximum atomic E-state index is 12.8. The minimum Gasteiger partial charge on any atom is -0.207 e. The van der Waals surface area contributed by atoms with Gasteiger partial charge < -0.3 is 0 Å². The summed E-state index contributed by atoms with van der Waals surface area (Å²) in [4.78, 5) is -0.0210. The molecular formula is C12H15FN2O2S. The summed E-state index contributed by atoms with van der Waals surface area (Å²) >= 11 is 0. The Kier molecular flexibility index (Phi) is 4.43. The molecule has 1 unspecified atom stereocenters. The van der Waals surface area contributed by atoms with Crippen LogP contribution in [0.4, 0.5) is 4.39 Å². The molecule has 0 spiro atoms. The predicted molar refractivity (Wildman–Crippen MR) is 65.6 cm³/mol. The Balaban J connectivity index is 3.15. The van der Waals surface area contributed by atoms with Gasteiger partial charge in [-0.2, -0.15) is 9.57 Å². The van der Waals surface area contributed by atoms with Crippen molar-refractivity contribution in [2.24, 2.45) is 5.92 Å². The van der Waals surface area contributed by atoms with Crippen LogP contribution in [0, 0.1) is 23.1 Å². The van der Waals surface area contributed by atoms with Crippen molar-refractivity contribution in [3.05, 3.63) is 30.1 Å². The lowest BCUT2D eigenvalue weighted by atomic mass is 10.1. The third-order valence-electron chi connectivity index (χ3n) is 2.65.